The van der Waals surface area contributed by atoms with Gasteiger partial charge >= 0.3 is 0 Å². The molecule has 0 spiro atoms. The Morgan fingerprint density at radius 1 is 1.29 bits per heavy atom. The van der Waals surface area contributed by atoms with Crippen LogP contribution in [0.4, 0.5) is 0 Å². The van der Waals surface area contributed by atoms with Crippen molar-refractivity contribution in [3.63, 3.8) is 0 Å². The van der Waals surface area contributed by atoms with E-state index in [9.17, 15) is 9.59 Å². The molecule has 0 aliphatic carbocycles. The van der Waals surface area contributed by atoms with Crippen molar-refractivity contribution in [2.45, 2.75) is 25.9 Å². The summed E-state index contributed by atoms with van der Waals surface area (Å²) in [6.07, 6.45) is 0. The fourth-order valence-corrected chi connectivity index (χ4v) is 4.83. The van der Waals surface area contributed by atoms with Crippen LogP contribution in [-0.4, -0.2) is 30.8 Å². The van der Waals surface area contributed by atoms with E-state index in [1.165, 1.54) is 27.7 Å². The number of rotatable bonds is 5. The van der Waals surface area contributed by atoms with Crippen molar-refractivity contribution in [1.29, 1.82) is 0 Å². The van der Waals surface area contributed by atoms with E-state index in [-0.39, 0.29) is 17.1 Å². The van der Waals surface area contributed by atoms with Crippen LogP contribution >= 0.6 is 23.1 Å². The fraction of sp³-hybridized carbons (Fsp3) is 0.263. The van der Waals surface area contributed by atoms with Crippen LogP contribution in [0.3, 0.4) is 0 Å². The zero-order valence-corrected chi connectivity index (χ0v) is 17.5. The maximum Gasteiger partial charge on any atom is 0.262 e. The summed E-state index contributed by atoms with van der Waals surface area (Å²) in [5, 5.41) is 7.03. The number of fused-ring (bicyclic) bond motifs is 1. The van der Waals surface area contributed by atoms with Gasteiger partial charge in [-0.05, 0) is 38.3 Å². The molecule has 144 valence electrons. The molecule has 0 bridgehead atoms. The predicted octanol–water partition coefficient (Wildman–Crippen LogP) is 3.67. The van der Waals surface area contributed by atoms with Crippen molar-refractivity contribution >= 4 is 39.1 Å². The lowest BCUT2D eigenvalue weighted by atomic mass is 10.2. The molecule has 4 aromatic rings. The number of aromatic nitrogens is 4. The molecule has 0 unspecified atom stereocenters. The summed E-state index contributed by atoms with van der Waals surface area (Å²) in [7, 11) is 1.68. The van der Waals surface area contributed by atoms with Gasteiger partial charge in [-0.2, -0.15) is 0 Å². The molecule has 28 heavy (non-hydrogen) atoms. The van der Waals surface area contributed by atoms with Crippen LogP contribution in [0.1, 0.15) is 27.5 Å². The molecule has 4 rings (SSSR count). The summed E-state index contributed by atoms with van der Waals surface area (Å²) < 4.78 is 8.55. The molecule has 0 fully saturated rings. The number of aryl methyl sites for hydroxylation is 2. The third-order valence-corrected chi connectivity index (χ3v) is 6.41. The second kappa shape index (κ2) is 7.06. The van der Waals surface area contributed by atoms with E-state index >= 15 is 0 Å². The molecule has 9 heteroatoms. The Morgan fingerprint density at radius 3 is 2.79 bits per heavy atom. The normalized spacial score (nSPS) is 11.4. The average molecular weight is 415 g/mol. The highest BCUT2D eigenvalue weighted by molar-refractivity contribution is 7.99. The summed E-state index contributed by atoms with van der Waals surface area (Å²) in [6, 6.07) is 5.46. The Kier molecular flexibility index (Phi) is 4.72. The Hall–Kier alpha value is -2.65. The van der Waals surface area contributed by atoms with Crippen LogP contribution in [0.15, 0.2) is 38.1 Å². The Morgan fingerprint density at radius 2 is 2.07 bits per heavy atom. The summed E-state index contributed by atoms with van der Waals surface area (Å²) in [5.74, 6) is 1.54. The first-order valence-corrected chi connectivity index (χ1v) is 10.5. The minimum absolute atomic E-state index is 0.0231. The van der Waals surface area contributed by atoms with Gasteiger partial charge in [-0.3, -0.25) is 18.7 Å². The van der Waals surface area contributed by atoms with Crippen molar-refractivity contribution < 1.29 is 9.32 Å². The van der Waals surface area contributed by atoms with Gasteiger partial charge in [-0.15, -0.1) is 11.3 Å². The quantitative estimate of drug-likeness (QED) is 0.281. The standard InChI is InChI=1S/C19H18N4O3S2/c1-10-7-14(12(3)23(10)16-8-11(2)26-21-16)15(24)9-28-19-20-17-13(5-6-27-17)18(25)22(19)4/h5-8H,9H2,1-4H3. The van der Waals surface area contributed by atoms with E-state index in [4.69, 9.17) is 4.52 Å². The van der Waals surface area contributed by atoms with Crippen LogP contribution < -0.4 is 5.56 Å². The number of Topliss-reactive ketones (excluding diaryl/α,β-unsaturated/α-hetero) is 1. The van der Waals surface area contributed by atoms with E-state index in [1.54, 1.807) is 13.1 Å². The molecule has 4 aromatic heterocycles. The predicted molar refractivity (Wildman–Crippen MR) is 110 cm³/mol. The van der Waals surface area contributed by atoms with E-state index in [2.05, 4.69) is 10.1 Å². The number of thioether (sulfide) groups is 1. The van der Waals surface area contributed by atoms with Gasteiger partial charge in [0, 0.05) is 30.1 Å². The molecule has 0 aliphatic rings. The van der Waals surface area contributed by atoms with Crippen LogP contribution in [-0.2, 0) is 7.05 Å². The summed E-state index contributed by atoms with van der Waals surface area (Å²) >= 11 is 2.69. The topological polar surface area (TPSA) is 82.9 Å². The van der Waals surface area contributed by atoms with Gasteiger partial charge in [0.1, 0.15) is 10.6 Å². The lowest BCUT2D eigenvalue weighted by Gasteiger charge is -2.07. The smallest absolute Gasteiger partial charge is 0.262 e. The van der Waals surface area contributed by atoms with Crippen molar-refractivity contribution in [3.05, 3.63) is 56.6 Å². The van der Waals surface area contributed by atoms with Gasteiger partial charge in [-0.1, -0.05) is 16.9 Å². The molecule has 0 amide bonds. The number of ketones is 1. The lowest BCUT2D eigenvalue weighted by Crippen LogP contribution is -2.19. The SMILES string of the molecule is Cc1cc(-n2c(C)cc(C(=O)CSc3nc4sccc4c(=O)n3C)c2C)no1. The van der Waals surface area contributed by atoms with Crippen LogP contribution in [0.25, 0.3) is 16.0 Å². The number of carbonyl (C=O) groups is 1. The zero-order chi connectivity index (χ0) is 20.0. The molecule has 0 radical (unpaired) electrons. The molecular weight excluding hydrogens is 396 g/mol. The highest BCUT2D eigenvalue weighted by Gasteiger charge is 2.19. The Labute approximate surface area is 169 Å². The van der Waals surface area contributed by atoms with E-state index < -0.39 is 0 Å². The third kappa shape index (κ3) is 3.10. The van der Waals surface area contributed by atoms with Gasteiger partial charge in [0.2, 0.25) is 0 Å². The molecule has 0 aromatic carbocycles. The zero-order valence-electron chi connectivity index (χ0n) is 15.8. The van der Waals surface area contributed by atoms with E-state index in [1.807, 2.05) is 42.9 Å². The summed E-state index contributed by atoms with van der Waals surface area (Å²) in [5.41, 5.74) is 2.25. The third-order valence-electron chi connectivity index (χ3n) is 4.57. The minimum atomic E-state index is -0.0965. The number of hydrogen-bond acceptors (Lipinski definition) is 7. The van der Waals surface area contributed by atoms with Crippen LogP contribution in [0.5, 0.6) is 0 Å². The lowest BCUT2D eigenvalue weighted by molar-refractivity contribution is 0.102. The molecule has 0 aliphatic heterocycles. The van der Waals surface area contributed by atoms with Crippen molar-refractivity contribution in [1.82, 2.24) is 19.3 Å². The van der Waals surface area contributed by atoms with Crippen LogP contribution in [0, 0.1) is 20.8 Å². The van der Waals surface area contributed by atoms with Gasteiger partial charge in [0.25, 0.3) is 5.56 Å². The molecule has 4 heterocycles. The highest BCUT2D eigenvalue weighted by Crippen LogP contribution is 2.25. The first-order valence-electron chi connectivity index (χ1n) is 8.59. The van der Waals surface area contributed by atoms with E-state index in [0.717, 1.165) is 11.4 Å². The number of nitrogens with zero attached hydrogens (tertiary/aromatic N) is 4. The van der Waals surface area contributed by atoms with Gasteiger partial charge < -0.3 is 4.52 Å². The molecule has 0 saturated heterocycles. The number of carbonyl (C=O) groups excluding carboxylic acids is 1. The first kappa shape index (κ1) is 18.7. The largest absolute Gasteiger partial charge is 0.360 e. The fourth-order valence-electron chi connectivity index (χ4n) is 3.17. The monoisotopic (exact) mass is 414 g/mol. The van der Waals surface area contributed by atoms with Gasteiger partial charge in [0.05, 0.1) is 11.1 Å². The van der Waals surface area contributed by atoms with Crippen molar-refractivity contribution in [3.8, 4) is 5.82 Å². The molecule has 0 atom stereocenters. The molecule has 0 saturated carbocycles. The minimum Gasteiger partial charge on any atom is -0.360 e. The van der Waals surface area contributed by atoms with Gasteiger partial charge in [0.15, 0.2) is 16.8 Å². The summed E-state index contributed by atoms with van der Waals surface area (Å²) in [4.78, 5) is 30.5. The summed E-state index contributed by atoms with van der Waals surface area (Å²) in [6.45, 7) is 5.65. The molecular formula is C19H18N4O3S2. The van der Waals surface area contributed by atoms with Crippen molar-refractivity contribution in [2.75, 3.05) is 5.75 Å². The van der Waals surface area contributed by atoms with Crippen molar-refractivity contribution in [2.24, 2.45) is 7.05 Å². The second-order valence-corrected chi connectivity index (χ2v) is 8.36. The number of thiophene rings is 1. The molecule has 7 nitrogen and oxygen atoms in total. The van der Waals surface area contributed by atoms with E-state index in [0.29, 0.717) is 32.5 Å². The Bertz CT molecular complexity index is 1260. The Balaban J connectivity index is 1.60. The number of hydrogen-bond donors (Lipinski definition) is 0. The maximum absolute atomic E-state index is 12.9. The first-order chi connectivity index (χ1) is 13.4. The highest BCUT2D eigenvalue weighted by atomic mass is 32.2. The second-order valence-electron chi connectivity index (χ2n) is 6.53. The molecule has 0 N–H and O–H groups in total. The van der Waals surface area contributed by atoms with Crippen LogP contribution in [0.2, 0.25) is 0 Å². The van der Waals surface area contributed by atoms with Gasteiger partial charge in [-0.25, -0.2) is 4.98 Å². The average Bonchev–Trinajstić information content (AvgIpc) is 3.36. The maximum atomic E-state index is 12.9.